The number of fused-ring (bicyclic) bond motifs is 1. The molecule has 1 aromatic heterocycles. The Kier molecular flexibility index (Phi) is 6.40. The van der Waals surface area contributed by atoms with Gasteiger partial charge in [0.1, 0.15) is 11.6 Å². The number of nitrogens with zero attached hydrogens (tertiary/aromatic N) is 6. The second kappa shape index (κ2) is 9.05. The lowest BCUT2D eigenvalue weighted by atomic mass is 10.2. The van der Waals surface area contributed by atoms with Crippen molar-refractivity contribution in [1.82, 2.24) is 28.9 Å². The third-order valence-electron chi connectivity index (χ3n) is 6.07. The number of aryl methyl sites for hydroxylation is 1. The summed E-state index contributed by atoms with van der Waals surface area (Å²) in [6, 6.07) is 6.28. The maximum atomic E-state index is 13.0. The number of hydrogen-bond donors (Lipinski definition) is 0. The van der Waals surface area contributed by atoms with Crippen molar-refractivity contribution in [3.8, 4) is 0 Å². The summed E-state index contributed by atoms with van der Waals surface area (Å²) in [6.45, 7) is 4.44. The van der Waals surface area contributed by atoms with Crippen LogP contribution in [0.15, 0.2) is 29.2 Å². The molecule has 1 fully saturated rings. The van der Waals surface area contributed by atoms with Gasteiger partial charge < -0.3 is 9.47 Å². The number of benzene rings is 1. The van der Waals surface area contributed by atoms with Gasteiger partial charge in [0.2, 0.25) is 10.0 Å². The molecular weight excluding hydrogens is 416 g/mol. The quantitative estimate of drug-likeness (QED) is 0.686. The second-order valence-electron chi connectivity index (χ2n) is 8.38. The molecule has 0 spiro atoms. The highest BCUT2D eigenvalue weighted by Gasteiger charge is 2.25. The van der Waals surface area contributed by atoms with Crippen molar-refractivity contribution < 1.29 is 13.2 Å². The molecule has 0 atom stereocenters. The van der Waals surface area contributed by atoms with Crippen molar-refractivity contribution >= 4 is 15.9 Å². The van der Waals surface area contributed by atoms with Crippen molar-refractivity contribution in [2.75, 3.05) is 40.3 Å². The highest BCUT2D eigenvalue weighted by molar-refractivity contribution is 7.89. The summed E-state index contributed by atoms with van der Waals surface area (Å²) in [4.78, 5) is 17.2. The van der Waals surface area contributed by atoms with Gasteiger partial charge in [0.25, 0.3) is 5.91 Å². The SMILES string of the molecule is CN(C)S(=O)(=O)c1cccc(C(=O)N2CCN(Cc3nnc4n3CCCCC4)CC2)c1. The maximum absolute atomic E-state index is 13.0. The lowest BCUT2D eigenvalue weighted by molar-refractivity contribution is 0.0623. The number of carbonyl (C=O) groups excluding carboxylic acids is 1. The van der Waals surface area contributed by atoms with E-state index in [9.17, 15) is 13.2 Å². The number of hydrogen-bond acceptors (Lipinski definition) is 6. The second-order valence-corrected chi connectivity index (χ2v) is 10.5. The van der Waals surface area contributed by atoms with Crippen molar-refractivity contribution in [3.05, 3.63) is 41.5 Å². The molecule has 0 N–H and O–H groups in total. The smallest absolute Gasteiger partial charge is 0.253 e. The molecule has 1 saturated heterocycles. The van der Waals surface area contributed by atoms with E-state index < -0.39 is 10.0 Å². The summed E-state index contributed by atoms with van der Waals surface area (Å²) in [5, 5.41) is 8.79. The Bertz CT molecular complexity index is 1040. The third-order valence-corrected chi connectivity index (χ3v) is 7.88. The van der Waals surface area contributed by atoms with E-state index >= 15 is 0 Å². The van der Waals surface area contributed by atoms with Gasteiger partial charge in [0.05, 0.1) is 11.4 Å². The Hall–Kier alpha value is -2.30. The predicted molar refractivity (Wildman–Crippen MR) is 116 cm³/mol. The minimum atomic E-state index is -3.57. The van der Waals surface area contributed by atoms with Crippen molar-refractivity contribution in [2.24, 2.45) is 0 Å². The third kappa shape index (κ3) is 4.65. The maximum Gasteiger partial charge on any atom is 0.253 e. The molecule has 2 aromatic rings. The Balaban J connectivity index is 1.38. The first-order chi connectivity index (χ1) is 14.9. The molecule has 0 bridgehead atoms. The number of carbonyl (C=O) groups is 1. The van der Waals surface area contributed by atoms with Gasteiger partial charge in [-0.2, -0.15) is 0 Å². The molecule has 0 aliphatic carbocycles. The fourth-order valence-electron chi connectivity index (χ4n) is 4.15. The van der Waals surface area contributed by atoms with Gasteiger partial charge in [0.15, 0.2) is 0 Å². The highest BCUT2D eigenvalue weighted by atomic mass is 32.2. The van der Waals surface area contributed by atoms with E-state index in [1.807, 2.05) is 0 Å². The highest BCUT2D eigenvalue weighted by Crippen LogP contribution is 2.19. The van der Waals surface area contributed by atoms with Crippen LogP contribution in [-0.4, -0.2) is 83.5 Å². The van der Waals surface area contributed by atoms with E-state index in [0.717, 1.165) is 48.6 Å². The number of piperazine rings is 1. The normalized spacial score (nSPS) is 18.1. The molecule has 0 saturated carbocycles. The Labute approximate surface area is 183 Å². The monoisotopic (exact) mass is 446 g/mol. The molecule has 4 rings (SSSR count). The summed E-state index contributed by atoms with van der Waals surface area (Å²) < 4.78 is 28.2. The number of aromatic nitrogens is 3. The van der Waals surface area contributed by atoms with Gasteiger partial charge in [-0.15, -0.1) is 10.2 Å². The first-order valence-corrected chi connectivity index (χ1v) is 12.3. The lowest BCUT2D eigenvalue weighted by Gasteiger charge is -2.34. The standard InChI is InChI=1S/C21H30N6O3S/c1-24(2)31(29,30)18-8-6-7-17(15-18)21(28)26-13-11-25(12-14-26)16-20-23-22-19-9-4-3-5-10-27(19)20/h6-8,15H,3-5,9-14,16H2,1-2H3. The van der Waals surface area contributed by atoms with Gasteiger partial charge >= 0.3 is 0 Å². The summed E-state index contributed by atoms with van der Waals surface area (Å²) in [5.74, 6) is 1.97. The van der Waals surface area contributed by atoms with Gasteiger partial charge in [-0.3, -0.25) is 9.69 Å². The molecular formula is C21H30N6O3S. The van der Waals surface area contributed by atoms with Crippen LogP contribution in [0, 0.1) is 0 Å². The van der Waals surface area contributed by atoms with E-state index in [1.54, 1.807) is 17.0 Å². The molecule has 1 aromatic carbocycles. The van der Waals surface area contributed by atoms with Crippen LogP contribution in [0.2, 0.25) is 0 Å². The number of rotatable bonds is 5. The van der Waals surface area contributed by atoms with Crippen LogP contribution < -0.4 is 0 Å². The number of sulfonamides is 1. The zero-order chi connectivity index (χ0) is 22.0. The van der Waals surface area contributed by atoms with Crippen LogP contribution in [0.1, 0.15) is 41.3 Å². The molecule has 31 heavy (non-hydrogen) atoms. The van der Waals surface area contributed by atoms with Crippen molar-refractivity contribution in [1.29, 1.82) is 0 Å². The number of amides is 1. The van der Waals surface area contributed by atoms with E-state index in [2.05, 4.69) is 19.7 Å². The van der Waals surface area contributed by atoms with Crippen LogP contribution in [0.5, 0.6) is 0 Å². The largest absolute Gasteiger partial charge is 0.336 e. The van der Waals surface area contributed by atoms with E-state index in [-0.39, 0.29) is 10.8 Å². The summed E-state index contributed by atoms with van der Waals surface area (Å²) in [7, 11) is -0.606. The molecule has 1 amide bonds. The van der Waals surface area contributed by atoms with Crippen LogP contribution in [0.4, 0.5) is 0 Å². The van der Waals surface area contributed by atoms with Crippen molar-refractivity contribution in [3.63, 3.8) is 0 Å². The minimum Gasteiger partial charge on any atom is -0.336 e. The molecule has 9 nitrogen and oxygen atoms in total. The molecule has 2 aliphatic rings. The minimum absolute atomic E-state index is 0.133. The van der Waals surface area contributed by atoms with Crippen molar-refractivity contribution in [2.45, 2.75) is 43.7 Å². The van der Waals surface area contributed by atoms with E-state index in [4.69, 9.17) is 0 Å². The first kappa shape index (κ1) is 21.9. The molecule has 2 aliphatic heterocycles. The van der Waals surface area contributed by atoms with Crippen LogP contribution in [-0.2, 0) is 29.5 Å². The summed E-state index contributed by atoms with van der Waals surface area (Å²) in [5.41, 5.74) is 0.402. The first-order valence-electron chi connectivity index (χ1n) is 10.8. The Morgan fingerprint density at radius 2 is 1.81 bits per heavy atom. The van der Waals surface area contributed by atoms with Gasteiger partial charge in [-0.1, -0.05) is 12.5 Å². The summed E-state index contributed by atoms with van der Waals surface area (Å²) >= 11 is 0. The average molecular weight is 447 g/mol. The van der Waals surface area contributed by atoms with Crippen LogP contribution in [0.25, 0.3) is 0 Å². The fraction of sp³-hybridized carbons (Fsp3) is 0.571. The molecule has 0 radical (unpaired) electrons. The average Bonchev–Trinajstić information content (AvgIpc) is 2.99. The Morgan fingerprint density at radius 1 is 1.03 bits per heavy atom. The zero-order valence-corrected chi connectivity index (χ0v) is 19.0. The molecule has 10 heteroatoms. The Morgan fingerprint density at radius 3 is 2.55 bits per heavy atom. The van der Waals surface area contributed by atoms with Gasteiger partial charge in [-0.05, 0) is 31.0 Å². The predicted octanol–water partition coefficient (Wildman–Crippen LogP) is 1.21. The van der Waals surface area contributed by atoms with Crippen LogP contribution >= 0.6 is 0 Å². The topological polar surface area (TPSA) is 91.6 Å². The van der Waals surface area contributed by atoms with Crippen LogP contribution in [0.3, 0.4) is 0 Å². The van der Waals surface area contributed by atoms with Gasteiger partial charge in [-0.25, -0.2) is 12.7 Å². The van der Waals surface area contributed by atoms with E-state index in [0.29, 0.717) is 18.7 Å². The zero-order valence-electron chi connectivity index (χ0n) is 18.2. The van der Waals surface area contributed by atoms with E-state index in [1.165, 1.54) is 45.5 Å². The molecule has 168 valence electrons. The fourth-order valence-corrected chi connectivity index (χ4v) is 5.10. The lowest BCUT2D eigenvalue weighted by Crippen LogP contribution is -2.48. The summed E-state index contributed by atoms with van der Waals surface area (Å²) in [6.07, 6.45) is 4.58. The molecule has 3 heterocycles. The van der Waals surface area contributed by atoms with Gasteiger partial charge in [0, 0.05) is 58.8 Å². The molecule has 0 unspecified atom stereocenters.